The molecule has 2 N–H and O–H groups in total. The van der Waals surface area contributed by atoms with E-state index < -0.39 is 18.3 Å². The summed E-state index contributed by atoms with van der Waals surface area (Å²) in [6, 6.07) is 2.72. The van der Waals surface area contributed by atoms with Gasteiger partial charge >= 0.3 is 5.97 Å². The van der Waals surface area contributed by atoms with E-state index in [9.17, 15) is 9.59 Å². The lowest BCUT2D eigenvalue weighted by atomic mass is 10.3. The molecule has 0 aliphatic carbocycles. The van der Waals surface area contributed by atoms with Crippen molar-refractivity contribution in [1.82, 2.24) is 0 Å². The Morgan fingerprint density at radius 1 is 1.12 bits per heavy atom. The maximum absolute atomic E-state index is 11.1. The first kappa shape index (κ1) is 13.1. The number of amides is 1. The average molecular weight is 283 g/mol. The van der Waals surface area contributed by atoms with Gasteiger partial charge in [0.15, 0.2) is 0 Å². The molecule has 7 heteroatoms. The van der Waals surface area contributed by atoms with Gasteiger partial charge in [0.1, 0.15) is 6.42 Å². The number of carboxylic acids is 1. The minimum Gasteiger partial charge on any atom is -0.481 e. The summed E-state index contributed by atoms with van der Waals surface area (Å²) in [5.74, 6) is -1.92. The number of halogens is 3. The highest BCUT2D eigenvalue weighted by molar-refractivity contribution is 6.44. The number of aliphatic carboxylic acids is 1. The zero-order chi connectivity index (χ0) is 12.3. The molecule has 0 fully saturated rings. The molecule has 0 atom stereocenters. The molecule has 0 saturated carbocycles. The predicted octanol–water partition coefficient (Wildman–Crippen LogP) is 3.06. The van der Waals surface area contributed by atoms with Gasteiger partial charge in [-0.1, -0.05) is 34.8 Å². The molecule has 0 unspecified atom stereocenters. The fourth-order valence-electron chi connectivity index (χ4n) is 0.950. The Morgan fingerprint density at radius 3 is 2.25 bits per heavy atom. The SMILES string of the molecule is O=C(O)CC(=O)Nc1cc(Cl)c(Cl)cc1Cl. The van der Waals surface area contributed by atoms with E-state index in [0.29, 0.717) is 0 Å². The van der Waals surface area contributed by atoms with Crippen molar-refractivity contribution in [1.29, 1.82) is 0 Å². The zero-order valence-corrected chi connectivity index (χ0v) is 10.0. The summed E-state index contributed by atoms with van der Waals surface area (Å²) >= 11 is 17.2. The Bertz CT molecular complexity index is 448. The van der Waals surface area contributed by atoms with Crippen molar-refractivity contribution in [3.63, 3.8) is 0 Å². The standard InChI is InChI=1S/C9H6Cl3NO3/c10-4-1-6(12)7(2-5(4)11)13-8(14)3-9(15)16/h1-2H,3H2,(H,13,14)(H,15,16). The van der Waals surface area contributed by atoms with Crippen molar-refractivity contribution in [2.75, 3.05) is 5.32 Å². The Balaban J connectivity index is 2.85. The molecular formula is C9H6Cl3NO3. The number of anilines is 1. The molecule has 0 aliphatic rings. The first-order valence-corrected chi connectivity index (χ1v) is 5.19. The maximum atomic E-state index is 11.1. The molecule has 1 amide bonds. The second-order valence-electron chi connectivity index (χ2n) is 2.86. The van der Waals surface area contributed by atoms with Crippen LogP contribution in [-0.4, -0.2) is 17.0 Å². The summed E-state index contributed by atoms with van der Waals surface area (Å²) in [6.45, 7) is 0. The molecule has 16 heavy (non-hydrogen) atoms. The van der Waals surface area contributed by atoms with E-state index in [-0.39, 0.29) is 20.8 Å². The van der Waals surface area contributed by atoms with Crippen molar-refractivity contribution in [3.8, 4) is 0 Å². The van der Waals surface area contributed by atoms with Crippen LogP contribution in [0.25, 0.3) is 0 Å². The van der Waals surface area contributed by atoms with Crippen molar-refractivity contribution in [2.24, 2.45) is 0 Å². The molecule has 0 radical (unpaired) electrons. The number of benzene rings is 1. The van der Waals surface area contributed by atoms with Gasteiger partial charge in [0.05, 0.1) is 20.8 Å². The van der Waals surface area contributed by atoms with E-state index >= 15 is 0 Å². The highest BCUT2D eigenvalue weighted by Gasteiger charge is 2.11. The van der Waals surface area contributed by atoms with E-state index in [4.69, 9.17) is 39.9 Å². The first-order chi connectivity index (χ1) is 7.40. The molecule has 1 aromatic carbocycles. The number of nitrogens with one attached hydrogen (secondary N) is 1. The fourth-order valence-corrected chi connectivity index (χ4v) is 1.54. The lowest BCUT2D eigenvalue weighted by Crippen LogP contribution is -2.16. The van der Waals surface area contributed by atoms with Gasteiger partial charge in [0.25, 0.3) is 0 Å². The molecule has 4 nitrogen and oxygen atoms in total. The summed E-state index contributed by atoms with van der Waals surface area (Å²) < 4.78 is 0. The van der Waals surface area contributed by atoms with Crippen LogP contribution >= 0.6 is 34.8 Å². The lowest BCUT2D eigenvalue weighted by Gasteiger charge is -2.07. The predicted molar refractivity (Wildman–Crippen MR) is 62.4 cm³/mol. The Labute approximate surface area is 106 Å². The van der Waals surface area contributed by atoms with Crippen molar-refractivity contribution < 1.29 is 14.7 Å². The highest BCUT2D eigenvalue weighted by Crippen LogP contribution is 2.32. The van der Waals surface area contributed by atoms with E-state index in [0.717, 1.165) is 0 Å². The van der Waals surface area contributed by atoms with Gasteiger partial charge in [0.2, 0.25) is 5.91 Å². The molecule has 1 rings (SSSR count). The molecular weight excluding hydrogens is 276 g/mol. The third-order valence-electron chi connectivity index (χ3n) is 1.60. The molecule has 86 valence electrons. The quantitative estimate of drug-likeness (QED) is 0.661. The molecule has 0 aliphatic heterocycles. The van der Waals surface area contributed by atoms with Crippen LogP contribution in [0.3, 0.4) is 0 Å². The number of hydrogen-bond acceptors (Lipinski definition) is 2. The molecule has 0 aromatic heterocycles. The van der Waals surface area contributed by atoms with Gasteiger partial charge in [-0.3, -0.25) is 9.59 Å². The van der Waals surface area contributed by atoms with Crippen LogP contribution in [0.15, 0.2) is 12.1 Å². The van der Waals surface area contributed by atoms with Crippen molar-refractivity contribution in [2.45, 2.75) is 6.42 Å². The van der Waals surface area contributed by atoms with Crippen LogP contribution in [0.2, 0.25) is 15.1 Å². The van der Waals surface area contributed by atoms with Crippen LogP contribution in [0.5, 0.6) is 0 Å². The summed E-state index contributed by atoms with van der Waals surface area (Å²) in [5, 5.41) is 11.4. The second-order valence-corrected chi connectivity index (χ2v) is 4.09. The van der Waals surface area contributed by atoms with Gasteiger partial charge in [-0.15, -0.1) is 0 Å². The number of carboxylic acid groups (broad SMARTS) is 1. The smallest absolute Gasteiger partial charge is 0.312 e. The molecule has 0 heterocycles. The van der Waals surface area contributed by atoms with Crippen LogP contribution in [0.4, 0.5) is 5.69 Å². The third kappa shape index (κ3) is 3.56. The normalized spacial score (nSPS) is 9.94. The molecule has 0 bridgehead atoms. The van der Waals surface area contributed by atoms with Crippen LogP contribution in [0.1, 0.15) is 6.42 Å². The topological polar surface area (TPSA) is 66.4 Å². The van der Waals surface area contributed by atoms with Crippen LogP contribution in [-0.2, 0) is 9.59 Å². The number of carbonyl (C=O) groups excluding carboxylic acids is 1. The fraction of sp³-hybridized carbons (Fsp3) is 0.111. The minimum absolute atomic E-state index is 0.188. The summed E-state index contributed by atoms with van der Waals surface area (Å²) in [4.78, 5) is 21.4. The summed E-state index contributed by atoms with van der Waals surface area (Å²) in [6.07, 6.45) is -0.642. The lowest BCUT2D eigenvalue weighted by molar-refractivity contribution is -0.139. The largest absolute Gasteiger partial charge is 0.481 e. The number of rotatable bonds is 3. The zero-order valence-electron chi connectivity index (χ0n) is 7.76. The van der Waals surface area contributed by atoms with E-state index in [1.165, 1.54) is 12.1 Å². The van der Waals surface area contributed by atoms with Gasteiger partial charge in [-0.05, 0) is 12.1 Å². The molecule has 0 saturated heterocycles. The van der Waals surface area contributed by atoms with Crippen molar-refractivity contribution >= 4 is 52.4 Å². The Morgan fingerprint density at radius 2 is 1.69 bits per heavy atom. The van der Waals surface area contributed by atoms with Gasteiger partial charge < -0.3 is 10.4 Å². The summed E-state index contributed by atoms with van der Waals surface area (Å²) in [7, 11) is 0. The second kappa shape index (κ2) is 5.39. The maximum Gasteiger partial charge on any atom is 0.312 e. The monoisotopic (exact) mass is 281 g/mol. The van der Waals surface area contributed by atoms with Gasteiger partial charge in [-0.25, -0.2) is 0 Å². The number of hydrogen-bond donors (Lipinski definition) is 2. The highest BCUT2D eigenvalue weighted by atomic mass is 35.5. The van der Waals surface area contributed by atoms with Gasteiger partial charge in [-0.2, -0.15) is 0 Å². The van der Waals surface area contributed by atoms with E-state index in [2.05, 4.69) is 5.32 Å². The first-order valence-electron chi connectivity index (χ1n) is 4.06. The average Bonchev–Trinajstić information content (AvgIpc) is 2.12. The number of carbonyl (C=O) groups is 2. The Hall–Kier alpha value is -0.970. The van der Waals surface area contributed by atoms with Crippen LogP contribution in [0, 0.1) is 0 Å². The molecule has 1 aromatic rings. The van der Waals surface area contributed by atoms with E-state index in [1.54, 1.807) is 0 Å². The Kier molecular flexibility index (Phi) is 4.41. The van der Waals surface area contributed by atoms with Crippen molar-refractivity contribution in [3.05, 3.63) is 27.2 Å². The summed E-state index contributed by atoms with van der Waals surface area (Å²) in [5.41, 5.74) is 0.224. The van der Waals surface area contributed by atoms with E-state index in [1.807, 2.05) is 0 Å². The third-order valence-corrected chi connectivity index (χ3v) is 2.63. The van der Waals surface area contributed by atoms with Gasteiger partial charge in [0, 0.05) is 0 Å². The van der Waals surface area contributed by atoms with Crippen LogP contribution < -0.4 is 5.32 Å². The minimum atomic E-state index is -1.23. The molecule has 0 spiro atoms.